The fourth-order valence-electron chi connectivity index (χ4n) is 1.70. The zero-order valence-electron chi connectivity index (χ0n) is 10.0. The standard InChI is InChI=1S/C14H19BrO/c1-3-6-14(16)13(15)10-12-8-5-7-11(4-2)9-12/h5,7-9,13H,3-4,6,10H2,1-2H3. The molecule has 1 aromatic rings. The third-order valence-electron chi connectivity index (χ3n) is 2.66. The van der Waals surface area contributed by atoms with Crippen LogP contribution in [0.2, 0.25) is 0 Å². The van der Waals surface area contributed by atoms with Crippen LogP contribution in [0.3, 0.4) is 0 Å². The molecule has 0 aliphatic rings. The Morgan fingerprint density at radius 2 is 2.00 bits per heavy atom. The predicted molar refractivity (Wildman–Crippen MR) is 72.2 cm³/mol. The van der Waals surface area contributed by atoms with Gasteiger partial charge in [0.25, 0.3) is 0 Å². The number of alkyl halides is 1. The van der Waals surface area contributed by atoms with Gasteiger partial charge in [-0.3, -0.25) is 4.79 Å². The average molecular weight is 283 g/mol. The summed E-state index contributed by atoms with van der Waals surface area (Å²) in [5, 5.41) is 0. The van der Waals surface area contributed by atoms with Crippen LogP contribution in [-0.4, -0.2) is 10.6 Å². The van der Waals surface area contributed by atoms with Gasteiger partial charge in [0.15, 0.2) is 0 Å². The van der Waals surface area contributed by atoms with Crippen LogP contribution in [0.5, 0.6) is 0 Å². The molecule has 0 saturated carbocycles. The van der Waals surface area contributed by atoms with Gasteiger partial charge in [-0.2, -0.15) is 0 Å². The van der Waals surface area contributed by atoms with Crippen LogP contribution in [0.15, 0.2) is 24.3 Å². The summed E-state index contributed by atoms with van der Waals surface area (Å²) >= 11 is 3.48. The van der Waals surface area contributed by atoms with E-state index in [0.717, 1.165) is 19.3 Å². The van der Waals surface area contributed by atoms with E-state index in [1.165, 1.54) is 11.1 Å². The van der Waals surface area contributed by atoms with E-state index in [2.05, 4.69) is 47.1 Å². The molecule has 0 fully saturated rings. The van der Waals surface area contributed by atoms with E-state index >= 15 is 0 Å². The molecular weight excluding hydrogens is 264 g/mol. The lowest BCUT2D eigenvalue weighted by molar-refractivity contribution is -0.118. The first kappa shape index (κ1) is 13.4. The van der Waals surface area contributed by atoms with Gasteiger partial charge in [0, 0.05) is 6.42 Å². The monoisotopic (exact) mass is 282 g/mol. The molecule has 0 aromatic heterocycles. The second-order valence-corrected chi connectivity index (χ2v) is 5.17. The number of carbonyl (C=O) groups is 1. The van der Waals surface area contributed by atoms with Crippen molar-refractivity contribution in [2.45, 2.75) is 44.4 Å². The van der Waals surface area contributed by atoms with E-state index in [0.29, 0.717) is 12.2 Å². The van der Waals surface area contributed by atoms with Crippen LogP contribution in [0.4, 0.5) is 0 Å². The Morgan fingerprint density at radius 3 is 2.62 bits per heavy atom. The van der Waals surface area contributed by atoms with Crippen LogP contribution >= 0.6 is 15.9 Å². The highest BCUT2D eigenvalue weighted by molar-refractivity contribution is 9.10. The fraction of sp³-hybridized carbons (Fsp3) is 0.500. The van der Waals surface area contributed by atoms with Crippen molar-refractivity contribution in [3.8, 4) is 0 Å². The molecule has 0 saturated heterocycles. The second kappa shape index (κ2) is 6.85. The lowest BCUT2D eigenvalue weighted by Gasteiger charge is -2.09. The Morgan fingerprint density at radius 1 is 1.31 bits per heavy atom. The Kier molecular flexibility index (Phi) is 5.75. The van der Waals surface area contributed by atoms with E-state index < -0.39 is 0 Å². The highest BCUT2D eigenvalue weighted by atomic mass is 79.9. The summed E-state index contributed by atoms with van der Waals surface area (Å²) in [5.74, 6) is 0.310. The van der Waals surface area contributed by atoms with Gasteiger partial charge in [0.1, 0.15) is 5.78 Å². The summed E-state index contributed by atoms with van der Waals surface area (Å²) in [7, 11) is 0. The Hall–Kier alpha value is -0.630. The second-order valence-electron chi connectivity index (χ2n) is 4.06. The summed E-state index contributed by atoms with van der Waals surface area (Å²) in [6.07, 6.45) is 3.44. The van der Waals surface area contributed by atoms with Crippen molar-refractivity contribution >= 4 is 21.7 Å². The minimum Gasteiger partial charge on any atom is -0.298 e. The molecule has 88 valence electrons. The first-order chi connectivity index (χ1) is 7.67. The van der Waals surface area contributed by atoms with E-state index in [4.69, 9.17) is 0 Å². The number of carbonyl (C=O) groups excluding carboxylic acids is 1. The molecule has 16 heavy (non-hydrogen) atoms. The molecule has 1 aromatic carbocycles. The van der Waals surface area contributed by atoms with Crippen molar-refractivity contribution in [2.24, 2.45) is 0 Å². The maximum Gasteiger partial charge on any atom is 0.146 e. The molecule has 0 aliphatic carbocycles. The normalized spacial score (nSPS) is 12.4. The smallest absolute Gasteiger partial charge is 0.146 e. The molecule has 1 atom stereocenters. The van der Waals surface area contributed by atoms with E-state index in [-0.39, 0.29) is 4.83 Å². The average Bonchev–Trinajstić information content (AvgIpc) is 2.29. The number of aryl methyl sites for hydroxylation is 1. The Labute approximate surface area is 106 Å². The number of halogens is 1. The van der Waals surface area contributed by atoms with Crippen molar-refractivity contribution in [2.75, 3.05) is 0 Å². The fourth-order valence-corrected chi connectivity index (χ4v) is 2.30. The van der Waals surface area contributed by atoms with Crippen molar-refractivity contribution in [1.82, 2.24) is 0 Å². The molecule has 1 rings (SSSR count). The highest BCUT2D eigenvalue weighted by Crippen LogP contribution is 2.15. The van der Waals surface area contributed by atoms with Crippen molar-refractivity contribution in [1.29, 1.82) is 0 Å². The van der Waals surface area contributed by atoms with Gasteiger partial charge < -0.3 is 0 Å². The van der Waals surface area contributed by atoms with Gasteiger partial charge in [-0.1, -0.05) is 54.0 Å². The maximum absolute atomic E-state index is 11.7. The lowest BCUT2D eigenvalue weighted by atomic mass is 10.0. The van der Waals surface area contributed by atoms with Gasteiger partial charge in [0.2, 0.25) is 0 Å². The number of benzene rings is 1. The third-order valence-corrected chi connectivity index (χ3v) is 3.49. The Balaban J connectivity index is 2.61. The minimum absolute atomic E-state index is 0.0282. The topological polar surface area (TPSA) is 17.1 Å². The predicted octanol–water partition coefficient (Wildman–Crippen LogP) is 3.92. The van der Waals surface area contributed by atoms with Crippen LogP contribution < -0.4 is 0 Å². The van der Waals surface area contributed by atoms with Crippen LogP contribution in [0.1, 0.15) is 37.8 Å². The quantitative estimate of drug-likeness (QED) is 0.723. The summed E-state index contributed by atoms with van der Waals surface area (Å²) in [4.78, 5) is 11.6. The molecule has 2 heteroatoms. The van der Waals surface area contributed by atoms with Crippen molar-refractivity contribution in [3.05, 3.63) is 35.4 Å². The van der Waals surface area contributed by atoms with E-state index in [9.17, 15) is 4.79 Å². The third kappa shape index (κ3) is 4.09. The number of hydrogen-bond acceptors (Lipinski definition) is 1. The van der Waals surface area contributed by atoms with Gasteiger partial charge in [0.05, 0.1) is 4.83 Å². The first-order valence-electron chi connectivity index (χ1n) is 5.92. The SMILES string of the molecule is CCCC(=O)C(Br)Cc1cccc(CC)c1. The lowest BCUT2D eigenvalue weighted by Crippen LogP contribution is -2.16. The van der Waals surface area contributed by atoms with Crippen molar-refractivity contribution in [3.63, 3.8) is 0 Å². The van der Waals surface area contributed by atoms with Crippen LogP contribution in [0.25, 0.3) is 0 Å². The zero-order valence-corrected chi connectivity index (χ0v) is 11.6. The van der Waals surface area contributed by atoms with E-state index in [1.54, 1.807) is 0 Å². The first-order valence-corrected chi connectivity index (χ1v) is 6.83. The number of ketones is 1. The molecule has 1 nitrogen and oxygen atoms in total. The summed E-state index contributed by atoms with van der Waals surface area (Å²) in [5.41, 5.74) is 2.57. The Bertz CT molecular complexity index is 346. The summed E-state index contributed by atoms with van der Waals surface area (Å²) in [6.45, 7) is 4.18. The molecule has 0 N–H and O–H groups in total. The zero-order chi connectivity index (χ0) is 12.0. The van der Waals surface area contributed by atoms with Gasteiger partial charge in [-0.05, 0) is 30.4 Å². The minimum atomic E-state index is -0.0282. The molecule has 0 heterocycles. The largest absolute Gasteiger partial charge is 0.298 e. The number of rotatable bonds is 6. The van der Waals surface area contributed by atoms with Crippen LogP contribution in [0, 0.1) is 0 Å². The van der Waals surface area contributed by atoms with Gasteiger partial charge in [-0.25, -0.2) is 0 Å². The molecular formula is C14H19BrO. The molecule has 0 radical (unpaired) electrons. The molecule has 0 aliphatic heterocycles. The maximum atomic E-state index is 11.7. The van der Waals surface area contributed by atoms with E-state index in [1.807, 2.05) is 6.92 Å². The number of Topliss-reactive ketones (excluding diaryl/α,β-unsaturated/α-hetero) is 1. The summed E-state index contributed by atoms with van der Waals surface area (Å²) < 4.78 is 0. The van der Waals surface area contributed by atoms with Crippen LogP contribution in [-0.2, 0) is 17.6 Å². The number of hydrogen-bond donors (Lipinski definition) is 0. The molecule has 0 amide bonds. The molecule has 1 unspecified atom stereocenters. The van der Waals surface area contributed by atoms with Crippen molar-refractivity contribution < 1.29 is 4.79 Å². The molecule has 0 spiro atoms. The summed E-state index contributed by atoms with van der Waals surface area (Å²) in [6, 6.07) is 8.47. The van der Waals surface area contributed by atoms with Gasteiger partial charge in [-0.15, -0.1) is 0 Å². The van der Waals surface area contributed by atoms with Gasteiger partial charge >= 0.3 is 0 Å². The molecule has 0 bridgehead atoms. The highest BCUT2D eigenvalue weighted by Gasteiger charge is 2.14.